The Kier molecular flexibility index (Phi) is 5.09. The highest BCUT2D eigenvalue weighted by molar-refractivity contribution is 5.83. The Morgan fingerprint density at radius 3 is 2.69 bits per heavy atom. The van der Waals surface area contributed by atoms with E-state index in [0.29, 0.717) is 24.1 Å². The normalized spacial score (nSPS) is 26.5. The second-order valence-electron chi connectivity index (χ2n) is 8.51. The fourth-order valence-electron chi connectivity index (χ4n) is 4.12. The maximum atomic E-state index is 13.4. The van der Waals surface area contributed by atoms with Gasteiger partial charge in [0.25, 0.3) is 0 Å². The lowest BCUT2D eigenvalue weighted by Crippen LogP contribution is -2.33. The van der Waals surface area contributed by atoms with Crippen molar-refractivity contribution < 1.29 is 13.6 Å². The second-order valence-corrected chi connectivity index (χ2v) is 8.51. The molecule has 0 aromatic heterocycles. The SMILES string of the molecule is CC(C)=C[C@@H]1[C@@H](C(=O)NC[C@@H]2CCN(c3ccc(F)c(F)c3)C2)C1(C)C. The Bertz CT molecular complexity index is 725. The van der Waals surface area contributed by atoms with E-state index in [2.05, 4.69) is 39.1 Å². The van der Waals surface area contributed by atoms with Crippen LogP contribution < -0.4 is 10.2 Å². The summed E-state index contributed by atoms with van der Waals surface area (Å²) in [6, 6.07) is 4.02. The maximum absolute atomic E-state index is 13.4. The minimum Gasteiger partial charge on any atom is -0.371 e. The van der Waals surface area contributed by atoms with Gasteiger partial charge in [0, 0.05) is 31.4 Å². The molecule has 3 nitrogen and oxygen atoms in total. The molecule has 2 aliphatic rings. The van der Waals surface area contributed by atoms with E-state index in [9.17, 15) is 13.6 Å². The summed E-state index contributed by atoms with van der Waals surface area (Å²) in [6.45, 7) is 10.6. The van der Waals surface area contributed by atoms with Crippen LogP contribution in [0.1, 0.15) is 34.1 Å². The number of rotatable bonds is 5. The standard InChI is InChI=1S/C21H28F2N2O/c1-13(2)9-16-19(21(16,3)4)20(26)24-11-14-7-8-25(12-14)15-5-6-17(22)18(23)10-15/h5-6,9-10,14,16,19H,7-8,11-12H2,1-4H3,(H,24,26)/t14-,16+,19-/m0/s1. The number of nitrogens with zero attached hydrogens (tertiary/aromatic N) is 1. The molecule has 5 heteroatoms. The van der Waals surface area contributed by atoms with Crippen molar-refractivity contribution in [2.75, 3.05) is 24.5 Å². The third-order valence-electron chi connectivity index (χ3n) is 5.83. The molecule has 1 aromatic carbocycles. The molecule has 1 N–H and O–H groups in total. The van der Waals surface area contributed by atoms with Crippen LogP contribution in [-0.4, -0.2) is 25.5 Å². The van der Waals surface area contributed by atoms with E-state index in [1.165, 1.54) is 17.7 Å². The quantitative estimate of drug-likeness (QED) is 0.798. The van der Waals surface area contributed by atoms with Gasteiger partial charge in [-0.15, -0.1) is 0 Å². The maximum Gasteiger partial charge on any atom is 0.224 e. The van der Waals surface area contributed by atoms with E-state index in [1.807, 2.05) is 4.90 Å². The number of carbonyl (C=O) groups is 1. The largest absolute Gasteiger partial charge is 0.371 e. The van der Waals surface area contributed by atoms with Crippen LogP contribution in [0.2, 0.25) is 0 Å². The van der Waals surface area contributed by atoms with Crippen molar-refractivity contribution in [2.24, 2.45) is 23.2 Å². The van der Waals surface area contributed by atoms with Crippen molar-refractivity contribution in [1.82, 2.24) is 5.32 Å². The van der Waals surface area contributed by atoms with Crippen LogP contribution in [0.3, 0.4) is 0 Å². The molecule has 1 saturated heterocycles. The molecule has 0 bridgehead atoms. The Morgan fingerprint density at radius 2 is 2.04 bits per heavy atom. The van der Waals surface area contributed by atoms with Gasteiger partial charge in [-0.1, -0.05) is 25.5 Å². The first-order valence-electron chi connectivity index (χ1n) is 9.33. The molecule has 0 radical (unpaired) electrons. The minimum absolute atomic E-state index is 0.0225. The summed E-state index contributed by atoms with van der Waals surface area (Å²) in [5.41, 5.74) is 1.97. The summed E-state index contributed by atoms with van der Waals surface area (Å²) >= 11 is 0. The fourth-order valence-corrected chi connectivity index (χ4v) is 4.12. The Labute approximate surface area is 154 Å². The lowest BCUT2D eigenvalue weighted by Gasteiger charge is -2.19. The number of hydrogen-bond donors (Lipinski definition) is 1. The fraction of sp³-hybridized carbons (Fsp3) is 0.571. The first-order valence-corrected chi connectivity index (χ1v) is 9.33. The number of anilines is 1. The molecule has 0 spiro atoms. The van der Waals surface area contributed by atoms with Crippen molar-refractivity contribution >= 4 is 11.6 Å². The van der Waals surface area contributed by atoms with Gasteiger partial charge in [0.2, 0.25) is 5.91 Å². The van der Waals surface area contributed by atoms with E-state index < -0.39 is 11.6 Å². The van der Waals surface area contributed by atoms with Crippen LogP contribution in [-0.2, 0) is 4.79 Å². The first kappa shape index (κ1) is 18.9. The van der Waals surface area contributed by atoms with E-state index >= 15 is 0 Å². The summed E-state index contributed by atoms with van der Waals surface area (Å²) in [5.74, 6) is -0.828. The predicted molar refractivity (Wildman–Crippen MR) is 99.9 cm³/mol. The lowest BCUT2D eigenvalue weighted by atomic mass is 10.1. The van der Waals surface area contributed by atoms with Crippen molar-refractivity contribution in [3.63, 3.8) is 0 Å². The molecular formula is C21H28F2N2O. The predicted octanol–water partition coefficient (Wildman–Crippen LogP) is 4.15. The minimum atomic E-state index is -0.824. The van der Waals surface area contributed by atoms with Crippen molar-refractivity contribution in [2.45, 2.75) is 34.1 Å². The van der Waals surface area contributed by atoms with Crippen LogP contribution in [0, 0.1) is 34.8 Å². The van der Waals surface area contributed by atoms with E-state index in [1.54, 1.807) is 6.07 Å². The molecule has 1 aliphatic carbocycles. The van der Waals surface area contributed by atoms with Gasteiger partial charge < -0.3 is 10.2 Å². The lowest BCUT2D eigenvalue weighted by molar-refractivity contribution is -0.123. The van der Waals surface area contributed by atoms with Crippen molar-refractivity contribution in [3.8, 4) is 0 Å². The van der Waals surface area contributed by atoms with Crippen LogP contribution in [0.15, 0.2) is 29.8 Å². The zero-order valence-corrected chi connectivity index (χ0v) is 16.0. The second kappa shape index (κ2) is 7.01. The number of amides is 1. The van der Waals surface area contributed by atoms with Gasteiger partial charge in [0.15, 0.2) is 11.6 Å². The molecule has 1 aromatic rings. The summed E-state index contributed by atoms with van der Waals surface area (Å²) < 4.78 is 26.5. The van der Waals surface area contributed by atoms with Crippen molar-refractivity contribution in [1.29, 1.82) is 0 Å². The monoisotopic (exact) mass is 362 g/mol. The summed E-state index contributed by atoms with van der Waals surface area (Å²) in [7, 11) is 0. The average Bonchev–Trinajstić information content (AvgIpc) is 2.92. The van der Waals surface area contributed by atoms with Gasteiger partial charge in [-0.05, 0) is 49.7 Å². The first-order chi connectivity index (χ1) is 12.2. The number of allylic oxidation sites excluding steroid dienone is 2. The zero-order chi connectivity index (χ0) is 19.1. The van der Waals surface area contributed by atoms with Gasteiger partial charge in [-0.3, -0.25) is 4.79 Å². The Balaban J connectivity index is 1.51. The molecule has 1 aliphatic heterocycles. The Hall–Kier alpha value is -1.91. The molecule has 1 heterocycles. The average molecular weight is 362 g/mol. The molecule has 0 unspecified atom stereocenters. The number of carbonyl (C=O) groups excluding carboxylic acids is 1. The van der Waals surface area contributed by atoms with E-state index in [-0.39, 0.29) is 17.2 Å². The third kappa shape index (κ3) is 3.76. The number of nitrogens with one attached hydrogen (secondary N) is 1. The highest BCUT2D eigenvalue weighted by Crippen LogP contribution is 2.59. The molecule has 2 fully saturated rings. The zero-order valence-electron chi connectivity index (χ0n) is 16.0. The molecule has 142 valence electrons. The molecule has 1 amide bonds. The molecule has 1 saturated carbocycles. The summed E-state index contributed by atoms with van der Waals surface area (Å²) in [5, 5.41) is 3.11. The van der Waals surface area contributed by atoms with Gasteiger partial charge in [0.1, 0.15) is 0 Å². The van der Waals surface area contributed by atoms with Gasteiger partial charge in [0.05, 0.1) is 5.92 Å². The van der Waals surface area contributed by atoms with Crippen LogP contribution in [0.25, 0.3) is 0 Å². The molecule has 26 heavy (non-hydrogen) atoms. The number of benzene rings is 1. The van der Waals surface area contributed by atoms with E-state index in [4.69, 9.17) is 0 Å². The molecule has 3 atom stereocenters. The summed E-state index contributed by atoms with van der Waals surface area (Å²) in [6.07, 6.45) is 3.13. The molecular weight excluding hydrogens is 334 g/mol. The topological polar surface area (TPSA) is 32.3 Å². The molecule has 3 rings (SSSR count). The third-order valence-corrected chi connectivity index (χ3v) is 5.83. The van der Waals surface area contributed by atoms with E-state index in [0.717, 1.165) is 19.5 Å². The highest BCUT2D eigenvalue weighted by atomic mass is 19.2. The van der Waals surface area contributed by atoms with Crippen molar-refractivity contribution in [3.05, 3.63) is 41.5 Å². The van der Waals surface area contributed by atoms with Gasteiger partial charge in [-0.2, -0.15) is 0 Å². The highest BCUT2D eigenvalue weighted by Gasteiger charge is 2.60. The summed E-state index contributed by atoms with van der Waals surface area (Å²) in [4.78, 5) is 14.6. The Morgan fingerprint density at radius 1 is 1.31 bits per heavy atom. The smallest absolute Gasteiger partial charge is 0.224 e. The number of hydrogen-bond acceptors (Lipinski definition) is 2. The van der Waals surface area contributed by atoms with Gasteiger partial charge in [-0.25, -0.2) is 8.78 Å². The van der Waals surface area contributed by atoms with Gasteiger partial charge >= 0.3 is 0 Å². The van der Waals surface area contributed by atoms with Crippen LogP contribution in [0.4, 0.5) is 14.5 Å². The van der Waals surface area contributed by atoms with Crippen LogP contribution in [0.5, 0.6) is 0 Å². The number of halogens is 2. The van der Waals surface area contributed by atoms with Crippen LogP contribution >= 0.6 is 0 Å².